The van der Waals surface area contributed by atoms with Crippen LogP contribution in [0.2, 0.25) is 0 Å². The van der Waals surface area contributed by atoms with E-state index in [-0.39, 0.29) is 6.42 Å². The molecule has 74 valence electrons. The number of rotatable bonds is 3. The van der Waals surface area contributed by atoms with Gasteiger partial charge in [-0.05, 0) is 6.42 Å². The second-order valence-corrected chi connectivity index (χ2v) is 4.28. The molecule has 0 bridgehead atoms. The Hall–Kier alpha value is -0.300. The molecule has 0 amide bonds. The van der Waals surface area contributed by atoms with Gasteiger partial charge in [0.15, 0.2) is 0 Å². The zero-order valence-corrected chi connectivity index (χ0v) is 7.24. The number of primary sulfonamides is 1. The summed E-state index contributed by atoms with van der Waals surface area (Å²) in [6, 6.07) is 0. The van der Waals surface area contributed by atoms with Crippen LogP contribution in [0.25, 0.3) is 0 Å². The molecule has 0 saturated carbocycles. The van der Waals surface area contributed by atoms with Crippen molar-refractivity contribution in [1.29, 1.82) is 0 Å². The predicted octanol–water partition coefficient (Wildman–Crippen LogP) is 1.01. The smallest absolute Gasteiger partial charge is 0.228 e. The number of nitrogens with two attached hydrogens (primary N) is 1. The van der Waals surface area contributed by atoms with Gasteiger partial charge in [0.05, 0.1) is 11.7 Å². The average Bonchev–Trinajstić information content (AvgIpc) is 1.78. The molecule has 0 radical (unpaired) electrons. The number of sulfonamides is 1. The summed E-state index contributed by atoms with van der Waals surface area (Å²) in [5.74, 6) is 0. The number of hydrogen-bond acceptors (Lipinski definition) is 2. The first-order valence-corrected chi connectivity index (χ1v) is 4.86. The Morgan fingerprint density at radius 3 is 1.92 bits per heavy atom. The highest BCUT2D eigenvalue weighted by Gasteiger charge is 2.35. The lowest BCUT2D eigenvalue weighted by molar-refractivity contribution is -0.134. The Labute approximate surface area is 68.8 Å². The van der Waals surface area contributed by atoms with Crippen molar-refractivity contribution in [3.63, 3.8) is 0 Å². The van der Waals surface area contributed by atoms with Gasteiger partial charge in [-0.2, -0.15) is 13.2 Å². The Balaban J connectivity index is 4.41. The highest BCUT2D eigenvalue weighted by Crippen LogP contribution is 2.25. The topological polar surface area (TPSA) is 60.2 Å². The maximum atomic E-state index is 11.7. The minimum atomic E-state index is -4.48. The van der Waals surface area contributed by atoms with E-state index >= 15 is 0 Å². The molecule has 0 aromatic carbocycles. The van der Waals surface area contributed by atoms with E-state index < -0.39 is 27.9 Å². The summed E-state index contributed by atoms with van der Waals surface area (Å²) in [5, 5.41) is 3.05. The quantitative estimate of drug-likeness (QED) is 0.747. The molecule has 0 spiro atoms. The van der Waals surface area contributed by atoms with Gasteiger partial charge in [0.2, 0.25) is 10.0 Å². The largest absolute Gasteiger partial charge is 0.390 e. The Morgan fingerprint density at radius 1 is 1.42 bits per heavy atom. The van der Waals surface area contributed by atoms with Crippen LogP contribution < -0.4 is 5.14 Å². The second kappa shape index (κ2) is 3.61. The fraction of sp³-hybridized carbons (Fsp3) is 1.00. The zero-order chi connectivity index (χ0) is 9.99. The van der Waals surface area contributed by atoms with Gasteiger partial charge >= 0.3 is 6.18 Å². The molecule has 1 atom stereocenters. The Morgan fingerprint density at radius 2 is 1.83 bits per heavy atom. The lowest BCUT2D eigenvalue weighted by Gasteiger charge is -2.14. The van der Waals surface area contributed by atoms with Gasteiger partial charge in [0.1, 0.15) is 0 Å². The van der Waals surface area contributed by atoms with Crippen molar-refractivity contribution in [2.24, 2.45) is 5.14 Å². The molecule has 0 aliphatic rings. The molecule has 0 fully saturated rings. The van der Waals surface area contributed by atoms with Crippen molar-refractivity contribution in [3.8, 4) is 0 Å². The van der Waals surface area contributed by atoms with Crippen LogP contribution in [0.1, 0.15) is 19.8 Å². The molecular weight excluding hydrogens is 195 g/mol. The van der Waals surface area contributed by atoms with E-state index in [9.17, 15) is 21.6 Å². The molecule has 0 aliphatic carbocycles. The van der Waals surface area contributed by atoms with Gasteiger partial charge in [-0.15, -0.1) is 0 Å². The summed E-state index contributed by atoms with van der Waals surface area (Å²) in [6.45, 7) is 1.35. The average molecular weight is 205 g/mol. The summed E-state index contributed by atoms with van der Waals surface area (Å²) in [6.07, 6.45) is -5.98. The van der Waals surface area contributed by atoms with Gasteiger partial charge in [0.25, 0.3) is 0 Å². The summed E-state index contributed by atoms with van der Waals surface area (Å²) >= 11 is 0. The van der Waals surface area contributed by atoms with Gasteiger partial charge in [-0.1, -0.05) is 6.92 Å². The normalized spacial score (nSPS) is 16.1. The molecule has 1 unspecified atom stereocenters. The molecule has 7 heteroatoms. The van der Waals surface area contributed by atoms with E-state index in [0.717, 1.165) is 0 Å². The molecule has 0 aromatic rings. The van der Waals surface area contributed by atoms with Gasteiger partial charge in [0, 0.05) is 0 Å². The lowest BCUT2D eigenvalue weighted by Crippen LogP contribution is -2.32. The van der Waals surface area contributed by atoms with Crippen molar-refractivity contribution in [3.05, 3.63) is 0 Å². The van der Waals surface area contributed by atoms with Crippen LogP contribution in [0.4, 0.5) is 13.2 Å². The third-order valence-corrected chi connectivity index (χ3v) is 2.81. The first-order valence-electron chi connectivity index (χ1n) is 3.25. The summed E-state index contributed by atoms with van der Waals surface area (Å²) < 4.78 is 56.1. The zero-order valence-electron chi connectivity index (χ0n) is 6.43. The molecule has 0 rings (SSSR count). The van der Waals surface area contributed by atoms with E-state index in [1.165, 1.54) is 6.92 Å². The van der Waals surface area contributed by atoms with Crippen molar-refractivity contribution in [2.45, 2.75) is 31.2 Å². The molecule has 12 heavy (non-hydrogen) atoms. The molecule has 0 aliphatic heterocycles. The minimum Gasteiger partial charge on any atom is -0.228 e. The number of halogens is 3. The van der Waals surface area contributed by atoms with E-state index in [2.05, 4.69) is 5.14 Å². The van der Waals surface area contributed by atoms with Crippen LogP contribution in [-0.4, -0.2) is 19.8 Å². The predicted molar refractivity (Wildman–Crippen MR) is 37.9 cm³/mol. The second-order valence-electron chi connectivity index (χ2n) is 2.44. The number of alkyl halides is 3. The van der Waals surface area contributed by atoms with E-state index in [0.29, 0.717) is 0 Å². The van der Waals surface area contributed by atoms with Crippen molar-refractivity contribution >= 4 is 10.0 Å². The first-order chi connectivity index (χ1) is 5.17. The fourth-order valence-electron chi connectivity index (χ4n) is 0.751. The first kappa shape index (κ1) is 11.7. The van der Waals surface area contributed by atoms with Crippen LogP contribution >= 0.6 is 0 Å². The monoisotopic (exact) mass is 205 g/mol. The van der Waals surface area contributed by atoms with Crippen molar-refractivity contribution in [1.82, 2.24) is 0 Å². The highest BCUT2D eigenvalue weighted by atomic mass is 32.2. The van der Waals surface area contributed by atoms with Gasteiger partial charge in [-0.3, -0.25) is 0 Å². The van der Waals surface area contributed by atoms with Crippen LogP contribution in [0.15, 0.2) is 0 Å². The lowest BCUT2D eigenvalue weighted by atomic mass is 10.2. The molecule has 0 aromatic heterocycles. The van der Waals surface area contributed by atoms with Gasteiger partial charge < -0.3 is 0 Å². The standard InChI is InChI=1S/C5H10F3NO2S/c1-2-4(12(9,10)11)3-5(6,7)8/h4H,2-3H2,1H3,(H2,9,10,11). The van der Waals surface area contributed by atoms with E-state index in [4.69, 9.17) is 0 Å². The summed E-state index contributed by atoms with van der Waals surface area (Å²) in [4.78, 5) is 0. The fourth-order valence-corrected chi connectivity index (χ4v) is 1.64. The van der Waals surface area contributed by atoms with Crippen LogP contribution in [-0.2, 0) is 10.0 Å². The molecule has 0 saturated heterocycles. The number of hydrogen-bond donors (Lipinski definition) is 1. The summed E-state index contributed by atoms with van der Waals surface area (Å²) in [7, 11) is -4.07. The van der Waals surface area contributed by atoms with Crippen molar-refractivity contribution in [2.75, 3.05) is 0 Å². The third-order valence-electron chi connectivity index (χ3n) is 1.38. The van der Waals surface area contributed by atoms with Crippen molar-refractivity contribution < 1.29 is 21.6 Å². The van der Waals surface area contributed by atoms with Crippen LogP contribution in [0.3, 0.4) is 0 Å². The Kier molecular flexibility index (Phi) is 3.52. The minimum absolute atomic E-state index is 0.127. The molecule has 3 nitrogen and oxygen atoms in total. The van der Waals surface area contributed by atoms with E-state index in [1.54, 1.807) is 0 Å². The SMILES string of the molecule is CCC(CC(F)(F)F)S(N)(=O)=O. The van der Waals surface area contributed by atoms with Gasteiger partial charge in [-0.25, -0.2) is 13.6 Å². The van der Waals surface area contributed by atoms with Crippen LogP contribution in [0, 0.1) is 0 Å². The maximum absolute atomic E-state index is 11.7. The van der Waals surface area contributed by atoms with Crippen LogP contribution in [0.5, 0.6) is 0 Å². The molecular formula is C5H10F3NO2S. The molecule has 0 heterocycles. The van der Waals surface area contributed by atoms with E-state index in [1.807, 2.05) is 0 Å². The highest BCUT2D eigenvalue weighted by molar-refractivity contribution is 7.89. The molecule has 2 N–H and O–H groups in total. The summed E-state index contributed by atoms with van der Waals surface area (Å²) in [5.41, 5.74) is 0. The Bertz CT molecular complexity index is 234. The maximum Gasteiger partial charge on any atom is 0.390 e. The third kappa shape index (κ3) is 4.55.